The van der Waals surface area contributed by atoms with E-state index in [0.717, 1.165) is 48.7 Å². The fourth-order valence-corrected chi connectivity index (χ4v) is 5.45. The molecule has 5 heteroatoms. The molecule has 0 radical (unpaired) electrons. The second-order valence-electron chi connectivity index (χ2n) is 9.65. The number of ether oxygens (including phenoxy) is 2. The van der Waals surface area contributed by atoms with Crippen LogP contribution in [0.2, 0.25) is 0 Å². The van der Waals surface area contributed by atoms with Gasteiger partial charge in [-0.2, -0.15) is 0 Å². The van der Waals surface area contributed by atoms with E-state index >= 15 is 0 Å². The number of pyridine rings is 1. The maximum atomic E-state index is 10.8. The molecule has 0 bridgehead atoms. The second-order valence-corrected chi connectivity index (χ2v) is 9.65. The Morgan fingerprint density at radius 2 is 1.82 bits per heavy atom. The molecule has 2 aromatic carbocycles. The third-order valence-corrected chi connectivity index (χ3v) is 7.59. The number of benzene rings is 2. The van der Waals surface area contributed by atoms with Crippen LogP contribution in [0.4, 0.5) is 5.69 Å². The SMILES string of the molecule is COc1ccc(C2CN(c3cccnc3)CC2(C)C(C)O)cc1OC1Cc2ccccc2C1. The van der Waals surface area contributed by atoms with Gasteiger partial charge >= 0.3 is 0 Å². The smallest absolute Gasteiger partial charge is 0.161 e. The van der Waals surface area contributed by atoms with Crippen LogP contribution < -0.4 is 14.4 Å². The second kappa shape index (κ2) is 8.71. The Kier molecular flexibility index (Phi) is 5.75. The van der Waals surface area contributed by atoms with E-state index in [9.17, 15) is 5.11 Å². The summed E-state index contributed by atoms with van der Waals surface area (Å²) in [6, 6.07) is 18.8. The first-order chi connectivity index (χ1) is 16.0. The summed E-state index contributed by atoms with van der Waals surface area (Å²) in [6.45, 7) is 5.66. The normalized spacial score (nSPS) is 23.4. The van der Waals surface area contributed by atoms with Gasteiger partial charge < -0.3 is 19.5 Å². The maximum absolute atomic E-state index is 10.8. The zero-order valence-corrected chi connectivity index (χ0v) is 19.6. The molecule has 0 saturated carbocycles. The van der Waals surface area contributed by atoms with Gasteiger partial charge in [0, 0.05) is 43.5 Å². The van der Waals surface area contributed by atoms with Gasteiger partial charge in [0.1, 0.15) is 6.10 Å². The van der Waals surface area contributed by atoms with E-state index in [4.69, 9.17) is 9.47 Å². The number of aliphatic hydroxyl groups is 1. The molecule has 3 aromatic rings. The molecule has 2 heterocycles. The first-order valence-corrected chi connectivity index (χ1v) is 11.7. The Morgan fingerprint density at radius 3 is 2.45 bits per heavy atom. The van der Waals surface area contributed by atoms with E-state index in [1.54, 1.807) is 13.3 Å². The van der Waals surface area contributed by atoms with Gasteiger partial charge in [0.05, 0.1) is 25.1 Å². The lowest BCUT2D eigenvalue weighted by atomic mass is 9.72. The lowest BCUT2D eigenvalue weighted by Gasteiger charge is -2.34. The fourth-order valence-electron chi connectivity index (χ4n) is 5.45. The van der Waals surface area contributed by atoms with Crippen LogP contribution in [0.3, 0.4) is 0 Å². The van der Waals surface area contributed by atoms with Gasteiger partial charge in [-0.05, 0) is 47.9 Å². The quantitative estimate of drug-likeness (QED) is 0.601. The highest BCUT2D eigenvalue weighted by Gasteiger charge is 2.47. The summed E-state index contributed by atoms with van der Waals surface area (Å²) in [6.07, 6.45) is 5.15. The fraction of sp³-hybridized carbons (Fsp3) is 0.393. The van der Waals surface area contributed by atoms with Gasteiger partial charge in [-0.1, -0.05) is 37.3 Å². The molecule has 5 rings (SSSR count). The predicted molar refractivity (Wildman–Crippen MR) is 130 cm³/mol. The van der Waals surface area contributed by atoms with Crippen molar-refractivity contribution in [3.8, 4) is 11.5 Å². The van der Waals surface area contributed by atoms with Crippen molar-refractivity contribution in [2.24, 2.45) is 5.41 Å². The van der Waals surface area contributed by atoms with Gasteiger partial charge in [0.15, 0.2) is 11.5 Å². The van der Waals surface area contributed by atoms with E-state index in [0.29, 0.717) is 0 Å². The first-order valence-electron chi connectivity index (χ1n) is 11.7. The number of hydrogen-bond donors (Lipinski definition) is 1. The molecule has 0 amide bonds. The highest BCUT2D eigenvalue weighted by atomic mass is 16.5. The van der Waals surface area contributed by atoms with Crippen molar-refractivity contribution in [1.82, 2.24) is 4.98 Å². The monoisotopic (exact) mass is 444 g/mol. The van der Waals surface area contributed by atoms with Gasteiger partial charge in [-0.3, -0.25) is 4.98 Å². The van der Waals surface area contributed by atoms with E-state index < -0.39 is 6.10 Å². The number of rotatable bonds is 6. The van der Waals surface area contributed by atoms with Crippen LogP contribution >= 0.6 is 0 Å². The van der Waals surface area contributed by atoms with E-state index in [1.807, 2.05) is 25.3 Å². The number of hydrogen-bond acceptors (Lipinski definition) is 5. The minimum Gasteiger partial charge on any atom is -0.493 e. The average Bonchev–Trinajstić information content (AvgIpc) is 3.41. The van der Waals surface area contributed by atoms with Gasteiger partial charge in [-0.25, -0.2) is 0 Å². The van der Waals surface area contributed by atoms with Crippen molar-refractivity contribution in [3.05, 3.63) is 83.7 Å². The van der Waals surface area contributed by atoms with Crippen molar-refractivity contribution in [1.29, 1.82) is 0 Å². The molecule has 2 aliphatic rings. The van der Waals surface area contributed by atoms with E-state index in [-0.39, 0.29) is 17.4 Å². The molecular weight excluding hydrogens is 412 g/mol. The van der Waals surface area contributed by atoms with Crippen LogP contribution in [0.25, 0.3) is 0 Å². The van der Waals surface area contributed by atoms with Crippen LogP contribution in [0.15, 0.2) is 67.0 Å². The summed E-state index contributed by atoms with van der Waals surface area (Å²) < 4.78 is 12.2. The Hall–Kier alpha value is -3.05. The van der Waals surface area contributed by atoms with E-state index in [2.05, 4.69) is 59.3 Å². The number of fused-ring (bicyclic) bond motifs is 1. The molecule has 1 aliphatic carbocycles. The lowest BCUT2D eigenvalue weighted by Crippen LogP contribution is -2.37. The Labute approximate surface area is 196 Å². The molecule has 0 spiro atoms. The van der Waals surface area contributed by atoms with Crippen molar-refractivity contribution in [2.75, 3.05) is 25.1 Å². The Bertz CT molecular complexity index is 1090. The molecule has 3 unspecified atom stereocenters. The molecule has 3 atom stereocenters. The van der Waals surface area contributed by atoms with Gasteiger partial charge in [-0.15, -0.1) is 0 Å². The van der Waals surface area contributed by atoms with Crippen molar-refractivity contribution in [2.45, 2.75) is 44.8 Å². The number of nitrogens with zero attached hydrogens (tertiary/aromatic N) is 2. The van der Waals surface area contributed by atoms with E-state index in [1.165, 1.54) is 11.1 Å². The number of aliphatic hydroxyl groups excluding tert-OH is 1. The number of methoxy groups -OCH3 is 1. The summed E-state index contributed by atoms with van der Waals surface area (Å²) >= 11 is 0. The first kappa shape index (κ1) is 21.8. The van der Waals surface area contributed by atoms with Crippen molar-refractivity contribution < 1.29 is 14.6 Å². The molecule has 5 nitrogen and oxygen atoms in total. The zero-order valence-electron chi connectivity index (χ0n) is 19.6. The average molecular weight is 445 g/mol. The Balaban J connectivity index is 1.43. The van der Waals surface area contributed by atoms with Crippen molar-refractivity contribution in [3.63, 3.8) is 0 Å². The molecule has 33 heavy (non-hydrogen) atoms. The number of anilines is 1. The van der Waals surface area contributed by atoms with Gasteiger partial charge in [0.2, 0.25) is 0 Å². The summed E-state index contributed by atoms with van der Waals surface area (Å²) in [7, 11) is 1.69. The van der Waals surface area contributed by atoms with Crippen LogP contribution in [0.5, 0.6) is 11.5 Å². The van der Waals surface area contributed by atoms with Crippen LogP contribution in [0, 0.1) is 5.41 Å². The topological polar surface area (TPSA) is 54.8 Å². The molecule has 1 saturated heterocycles. The van der Waals surface area contributed by atoms with Crippen LogP contribution in [-0.4, -0.2) is 42.5 Å². The third kappa shape index (κ3) is 4.06. The highest BCUT2D eigenvalue weighted by molar-refractivity contribution is 5.50. The molecular formula is C28H32N2O3. The van der Waals surface area contributed by atoms with Gasteiger partial charge in [0.25, 0.3) is 0 Å². The zero-order chi connectivity index (χ0) is 23.0. The molecule has 1 aliphatic heterocycles. The molecule has 1 fully saturated rings. The summed E-state index contributed by atoms with van der Waals surface area (Å²) in [5, 5.41) is 10.8. The highest BCUT2D eigenvalue weighted by Crippen LogP contribution is 2.48. The third-order valence-electron chi connectivity index (χ3n) is 7.59. The molecule has 172 valence electrons. The lowest BCUT2D eigenvalue weighted by molar-refractivity contribution is 0.0558. The van der Waals surface area contributed by atoms with Crippen LogP contribution in [0.1, 0.15) is 36.5 Å². The number of aromatic nitrogens is 1. The minimum absolute atomic E-state index is 0.102. The largest absolute Gasteiger partial charge is 0.493 e. The molecule has 1 N–H and O–H groups in total. The summed E-state index contributed by atoms with van der Waals surface area (Å²) in [5.74, 6) is 1.67. The summed E-state index contributed by atoms with van der Waals surface area (Å²) in [4.78, 5) is 6.61. The van der Waals surface area contributed by atoms with Crippen molar-refractivity contribution >= 4 is 5.69 Å². The minimum atomic E-state index is -0.458. The van der Waals surface area contributed by atoms with Crippen LogP contribution in [-0.2, 0) is 12.8 Å². The standard InChI is InChI=1S/C28H32N2O3/c1-19(31)28(2)18-30(23-9-6-12-29-16-23)17-25(28)22-10-11-26(32-3)27(15-22)33-24-13-20-7-4-5-8-21(20)14-24/h4-12,15-16,19,24-25,31H,13-14,17-18H2,1-3H3. The summed E-state index contributed by atoms with van der Waals surface area (Å²) in [5.41, 5.74) is 4.67. The Morgan fingerprint density at radius 1 is 1.06 bits per heavy atom. The molecule has 1 aromatic heterocycles. The predicted octanol–water partition coefficient (Wildman–Crippen LogP) is 4.63. The maximum Gasteiger partial charge on any atom is 0.161 e.